The Morgan fingerprint density at radius 1 is 0.933 bits per heavy atom. The van der Waals surface area contributed by atoms with E-state index in [0.717, 1.165) is 22.3 Å². The maximum absolute atomic E-state index is 11.6. The molecule has 4 aromatic rings. The maximum Gasteiger partial charge on any atom is 0.336 e. The first kappa shape index (κ1) is 19.8. The summed E-state index contributed by atoms with van der Waals surface area (Å²) in [5.41, 5.74) is 3.36. The van der Waals surface area contributed by atoms with Gasteiger partial charge >= 0.3 is 5.63 Å². The Labute approximate surface area is 182 Å². The molecule has 150 valence electrons. The number of halogens is 1. The molecule has 0 spiro atoms. The molecule has 0 radical (unpaired) electrons. The smallest absolute Gasteiger partial charge is 0.336 e. The van der Waals surface area contributed by atoms with Gasteiger partial charge in [0.15, 0.2) is 16.1 Å². The van der Waals surface area contributed by atoms with Gasteiger partial charge in [0.25, 0.3) is 0 Å². The van der Waals surface area contributed by atoms with E-state index in [9.17, 15) is 4.79 Å². The highest BCUT2D eigenvalue weighted by molar-refractivity contribution is 7.80. The van der Waals surface area contributed by atoms with Crippen molar-refractivity contribution in [3.63, 3.8) is 0 Å². The molecule has 0 aliphatic heterocycles. The third kappa shape index (κ3) is 4.73. The van der Waals surface area contributed by atoms with Gasteiger partial charge in [-0.25, -0.2) is 4.79 Å². The Hall–Kier alpha value is -3.49. The van der Waals surface area contributed by atoms with E-state index in [-0.39, 0.29) is 5.63 Å². The van der Waals surface area contributed by atoms with Gasteiger partial charge in [0.1, 0.15) is 5.58 Å². The Balaban J connectivity index is 1.40. The molecule has 0 amide bonds. The van der Waals surface area contributed by atoms with Crippen molar-refractivity contribution >= 4 is 62.8 Å². The number of aryl methyl sites for hydroxylation is 1. The van der Waals surface area contributed by atoms with E-state index in [4.69, 9.17) is 28.2 Å². The predicted molar refractivity (Wildman–Crippen MR) is 124 cm³/mol. The number of aromatic nitrogens is 2. The van der Waals surface area contributed by atoms with Gasteiger partial charge in [0.05, 0.1) is 0 Å². The molecule has 0 saturated carbocycles. The van der Waals surface area contributed by atoms with Crippen molar-refractivity contribution in [2.24, 2.45) is 0 Å². The van der Waals surface area contributed by atoms with Crippen molar-refractivity contribution < 1.29 is 4.42 Å². The van der Waals surface area contributed by atoms with Crippen LogP contribution in [0.1, 0.15) is 5.56 Å². The minimum absolute atomic E-state index is 0.338. The number of rotatable bonds is 4. The fraction of sp³-hybridized carbons (Fsp3) is 0.0476. The number of nitrogens with zero attached hydrogens (tertiary/aromatic N) is 2. The average molecular weight is 438 g/mol. The van der Waals surface area contributed by atoms with Crippen LogP contribution in [-0.2, 0) is 0 Å². The van der Waals surface area contributed by atoms with E-state index >= 15 is 0 Å². The van der Waals surface area contributed by atoms with Crippen LogP contribution in [0.3, 0.4) is 0 Å². The van der Waals surface area contributed by atoms with Crippen LogP contribution >= 0.6 is 23.8 Å². The Bertz CT molecular complexity index is 1270. The Kier molecular flexibility index (Phi) is 5.60. The zero-order valence-electron chi connectivity index (χ0n) is 15.8. The summed E-state index contributed by atoms with van der Waals surface area (Å²) < 4.78 is 5.27. The summed E-state index contributed by atoms with van der Waals surface area (Å²) in [4.78, 5) is 11.6. The van der Waals surface area contributed by atoms with Crippen LogP contribution < -0.4 is 21.6 Å². The lowest BCUT2D eigenvalue weighted by atomic mass is 10.1. The number of hydrogen-bond acceptors (Lipinski definition) is 6. The number of nitrogens with one attached hydrogen (secondary N) is 3. The first-order valence-electron chi connectivity index (χ1n) is 8.95. The molecule has 2 aromatic heterocycles. The molecule has 30 heavy (non-hydrogen) atoms. The zero-order valence-corrected chi connectivity index (χ0v) is 17.3. The fourth-order valence-corrected chi connectivity index (χ4v) is 3.20. The SMILES string of the molecule is Cc1cc(=O)oc2cc(NC(=S)Nc3ccc(Nc4ccc(Cl)nn4)cc3)ccc12. The lowest BCUT2D eigenvalue weighted by molar-refractivity contribution is 0.560. The van der Waals surface area contributed by atoms with E-state index in [1.807, 2.05) is 43.3 Å². The van der Waals surface area contributed by atoms with Crippen molar-refractivity contribution in [1.29, 1.82) is 0 Å². The van der Waals surface area contributed by atoms with Gasteiger partial charge < -0.3 is 20.4 Å². The zero-order chi connectivity index (χ0) is 21.1. The van der Waals surface area contributed by atoms with E-state index < -0.39 is 0 Å². The third-order valence-corrected chi connectivity index (χ3v) is 4.66. The standard InChI is InChI=1S/C21H16ClN5O2S/c1-12-10-20(28)29-17-11-15(6-7-16(12)17)25-21(30)24-14-4-2-13(3-5-14)23-19-9-8-18(22)26-27-19/h2-11H,1H3,(H,23,27)(H2,24,25,30). The molecule has 4 rings (SSSR count). The maximum atomic E-state index is 11.6. The molecule has 9 heteroatoms. The summed E-state index contributed by atoms with van der Waals surface area (Å²) in [5.74, 6) is 0.593. The minimum atomic E-state index is -0.379. The Morgan fingerprint density at radius 2 is 1.63 bits per heavy atom. The first-order chi connectivity index (χ1) is 14.5. The molecule has 0 saturated heterocycles. The second-order valence-electron chi connectivity index (χ2n) is 6.48. The number of thiocarbonyl (C=S) groups is 1. The summed E-state index contributed by atoms with van der Waals surface area (Å²) in [7, 11) is 0. The van der Waals surface area contributed by atoms with E-state index in [1.54, 1.807) is 18.2 Å². The van der Waals surface area contributed by atoms with Crippen LogP contribution in [0.4, 0.5) is 22.9 Å². The molecule has 2 aromatic carbocycles. The molecule has 3 N–H and O–H groups in total. The summed E-state index contributed by atoms with van der Waals surface area (Å²) in [6.07, 6.45) is 0. The van der Waals surface area contributed by atoms with Gasteiger partial charge in [-0.2, -0.15) is 0 Å². The van der Waals surface area contributed by atoms with Gasteiger partial charge in [0, 0.05) is 34.6 Å². The fourth-order valence-electron chi connectivity index (χ4n) is 2.86. The van der Waals surface area contributed by atoms with Gasteiger partial charge in [-0.3, -0.25) is 0 Å². The summed E-state index contributed by atoms with van der Waals surface area (Å²) in [6.45, 7) is 1.87. The minimum Gasteiger partial charge on any atom is -0.423 e. The molecule has 0 atom stereocenters. The van der Waals surface area contributed by atoms with Crippen LogP contribution in [0.15, 0.2) is 69.9 Å². The van der Waals surface area contributed by atoms with Crippen molar-refractivity contribution in [3.05, 3.63) is 81.8 Å². The summed E-state index contributed by atoms with van der Waals surface area (Å²) in [6, 6.07) is 17.9. The summed E-state index contributed by atoms with van der Waals surface area (Å²) >= 11 is 11.1. The molecule has 0 unspecified atom stereocenters. The predicted octanol–water partition coefficient (Wildman–Crippen LogP) is 5.10. The molecule has 0 fully saturated rings. The number of anilines is 4. The third-order valence-electron chi connectivity index (χ3n) is 4.26. The number of fused-ring (bicyclic) bond motifs is 1. The van der Waals surface area contributed by atoms with Gasteiger partial charge in [-0.15, -0.1) is 10.2 Å². The molecule has 0 aliphatic rings. The lowest BCUT2D eigenvalue weighted by Crippen LogP contribution is -2.19. The molecule has 2 heterocycles. The molecule has 7 nitrogen and oxygen atoms in total. The highest BCUT2D eigenvalue weighted by Crippen LogP contribution is 2.22. The highest BCUT2D eigenvalue weighted by Gasteiger charge is 2.05. The Morgan fingerprint density at radius 3 is 2.37 bits per heavy atom. The largest absolute Gasteiger partial charge is 0.423 e. The molecular weight excluding hydrogens is 422 g/mol. The normalized spacial score (nSPS) is 10.6. The van der Waals surface area contributed by atoms with Gasteiger partial charge in [0.2, 0.25) is 0 Å². The molecule has 0 aliphatic carbocycles. The van der Waals surface area contributed by atoms with Crippen molar-refractivity contribution in [1.82, 2.24) is 10.2 Å². The monoisotopic (exact) mass is 437 g/mol. The van der Waals surface area contributed by atoms with Gasteiger partial charge in [-0.05, 0) is 73.2 Å². The van der Waals surface area contributed by atoms with Crippen molar-refractivity contribution in [2.75, 3.05) is 16.0 Å². The van der Waals surface area contributed by atoms with Crippen molar-refractivity contribution in [2.45, 2.75) is 6.92 Å². The quantitative estimate of drug-likeness (QED) is 0.300. The van der Waals surface area contributed by atoms with E-state index in [2.05, 4.69) is 26.1 Å². The number of benzene rings is 2. The average Bonchev–Trinajstić information content (AvgIpc) is 2.71. The highest BCUT2D eigenvalue weighted by atomic mass is 35.5. The van der Waals surface area contributed by atoms with E-state index in [0.29, 0.717) is 27.4 Å². The van der Waals surface area contributed by atoms with Crippen LogP contribution in [0.25, 0.3) is 11.0 Å². The summed E-state index contributed by atoms with van der Waals surface area (Å²) in [5, 5.41) is 18.7. The lowest BCUT2D eigenvalue weighted by Gasteiger charge is -2.12. The van der Waals surface area contributed by atoms with E-state index in [1.165, 1.54) is 6.07 Å². The van der Waals surface area contributed by atoms with Crippen LogP contribution in [0.2, 0.25) is 5.15 Å². The van der Waals surface area contributed by atoms with Crippen LogP contribution in [0, 0.1) is 6.92 Å². The van der Waals surface area contributed by atoms with Crippen LogP contribution in [-0.4, -0.2) is 15.3 Å². The second-order valence-corrected chi connectivity index (χ2v) is 7.28. The molecular formula is C21H16ClN5O2S. The first-order valence-corrected chi connectivity index (χ1v) is 9.74. The molecule has 0 bridgehead atoms. The number of hydrogen-bond donors (Lipinski definition) is 3. The van der Waals surface area contributed by atoms with Crippen molar-refractivity contribution in [3.8, 4) is 0 Å². The topological polar surface area (TPSA) is 92.1 Å². The second kappa shape index (κ2) is 8.48. The van der Waals surface area contributed by atoms with Gasteiger partial charge in [-0.1, -0.05) is 11.6 Å². The van der Waals surface area contributed by atoms with Crippen LogP contribution in [0.5, 0.6) is 0 Å².